The summed E-state index contributed by atoms with van der Waals surface area (Å²) in [5.41, 5.74) is 5.60. The number of nitrogens with two attached hydrogens (primary N) is 1. The van der Waals surface area contributed by atoms with Gasteiger partial charge in [0.15, 0.2) is 0 Å². The van der Waals surface area contributed by atoms with Crippen molar-refractivity contribution in [3.63, 3.8) is 0 Å². The van der Waals surface area contributed by atoms with Crippen LogP contribution in [0.4, 0.5) is 8.78 Å². The average molecular weight is 213 g/mol. The van der Waals surface area contributed by atoms with Crippen molar-refractivity contribution in [3.05, 3.63) is 29.3 Å². The Morgan fingerprint density at radius 1 is 1.27 bits per heavy atom. The normalized spacial score (nSPS) is 24.8. The highest BCUT2D eigenvalue weighted by atomic mass is 19.1. The lowest BCUT2D eigenvalue weighted by Crippen LogP contribution is -2.43. The Bertz CT molecular complexity index is 352. The van der Waals surface area contributed by atoms with E-state index in [1.165, 1.54) is 19.1 Å². The minimum Gasteiger partial charge on any atom is -0.490 e. The molecule has 0 aromatic heterocycles. The summed E-state index contributed by atoms with van der Waals surface area (Å²) < 4.78 is 31.7. The summed E-state index contributed by atoms with van der Waals surface area (Å²) in [4.78, 5) is 0. The van der Waals surface area contributed by atoms with E-state index in [4.69, 9.17) is 10.5 Å². The maximum atomic E-state index is 13.1. The molecule has 1 aromatic carbocycles. The van der Waals surface area contributed by atoms with Gasteiger partial charge in [0, 0.05) is 23.7 Å². The Hall–Kier alpha value is -1.16. The highest BCUT2D eigenvalue weighted by Crippen LogP contribution is 2.26. The Kier molecular flexibility index (Phi) is 2.61. The molecule has 0 amide bonds. The van der Waals surface area contributed by atoms with Crippen LogP contribution in [0.5, 0.6) is 5.75 Å². The van der Waals surface area contributed by atoms with Crippen molar-refractivity contribution in [2.24, 2.45) is 5.73 Å². The van der Waals surface area contributed by atoms with Crippen molar-refractivity contribution < 1.29 is 13.5 Å². The second kappa shape index (κ2) is 3.77. The lowest BCUT2D eigenvalue weighted by molar-refractivity contribution is 0.100. The molecule has 15 heavy (non-hydrogen) atoms. The van der Waals surface area contributed by atoms with E-state index in [0.29, 0.717) is 0 Å². The summed E-state index contributed by atoms with van der Waals surface area (Å²) in [6.45, 7) is 1.40. The summed E-state index contributed by atoms with van der Waals surface area (Å²) >= 11 is 0. The van der Waals surface area contributed by atoms with Gasteiger partial charge in [0.2, 0.25) is 0 Å². The van der Waals surface area contributed by atoms with Crippen LogP contribution in [-0.2, 0) is 0 Å². The molecule has 0 radical (unpaired) electrons. The zero-order valence-electron chi connectivity index (χ0n) is 8.47. The van der Waals surface area contributed by atoms with E-state index in [-0.39, 0.29) is 23.5 Å². The molecular formula is C11H13F2NO. The van der Waals surface area contributed by atoms with Crippen LogP contribution in [-0.4, -0.2) is 12.1 Å². The van der Waals surface area contributed by atoms with Gasteiger partial charge in [-0.25, -0.2) is 8.78 Å². The Morgan fingerprint density at radius 3 is 2.27 bits per heavy atom. The predicted molar refractivity (Wildman–Crippen MR) is 52.7 cm³/mol. The SMILES string of the molecule is Cc1c(F)cc(OC2CC(N)C2)cc1F. The fourth-order valence-electron chi connectivity index (χ4n) is 1.59. The van der Waals surface area contributed by atoms with Crippen molar-refractivity contribution in [1.29, 1.82) is 0 Å². The molecule has 0 saturated heterocycles. The molecule has 0 heterocycles. The zero-order chi connectivity index (χ0) is 11.0. The van der Waals surface area contributed by atoms with Crippen LogP contribution >= 0.6 is 0 Å². The van der Waals surface area contributed by atoms with Gasteiger partial charge in [-0.15, -0.1) is 0 Å². The minimum atomic E-state index is -0.575. The third-order valence-electron chi connectivity index (χ3n) is 2.69. The quantitative estimate of drug-likeness (QED) is 0.816. The highest BCUT2D eigenvalue weighted by molar-refractivity contribution is 5.30. The number of benzene rings is 1. The molecule has 1 fully saturated rings. The fourth-order valence-corrected chi connectivity index (χ4v) is 1.59. The molecule has 2 N–H and O–H groups in total. The van der Waals surface area contributed by atoms with Gasteiger partial charge in [-0.2, -0.15) is 0 Å². The lowest BCUT2D eigenvalue weighted by atomic mass is 9.90. The van der Waals surface area contributed by atoms with E-state index in [2.05, 4.69) is 0 Å². The van der Waals surface area contributed by atoms with E-state index < -0.39 is 11.6 Å². The Labute approximate surface area is 87.0 Å². The van der Waals surface area contributed by atoms with Gasteiger partial charge in [0.1, 0.15) is 23.5 Å². The first-order chi connectivity index (χ1) is 7.06. The molecule has 0 unspecified atom stereocenters. The van der Waals surface area contributed by atoms with Crippen LogP contribution in [0.2, 0.25) is 0 Å². The molecule has 1 aliphatic rings. The van der Waals surface area contributed by atoms with E-state index >= 15 is 0 Å². The number of hydrogen-bond acceptors (Lipinski definition) is 2. The second-order valence-electron chi connectivity index (χ2n) is 3.98. The molecule has 0 spiro atoms. The summed E-state index contributed by atoms with van der Waals surface area (Å²) in [7, 11) is 0. The van der Waals surface area contributed by atoms with Crippen molar-refractivity contribution in [2.75, 3.05) is 0 Å². The lowest BCUT2D eigenvalue weighted by Gasteiger charge is -2.32. The van der Waals surface area contributed by atoms with E-state index in [1.807, 2.05) is 0 Å². The molecule has 4 heteroatoms. The minimum absolute atomic E-state index is 0.00139. The summed E-state index contributed by atoms with van der Waals surface area (Å²) in [6.07, 6.45) is 1.50. The standard InChI is InChI=1S/C11H13F2NO/c1-6-10(12)4-9(5-11(6)13)15-8-2-7(14)3-8/h4-5,7-8H,2-3,14H2,1H3. The molecule has 1 aliphatic carbocycles. The number of rotatable bonds is 2. The first-order valence-electron chi connectivity index (χ1n) is 4.94. The smallest absolute Gasteiger partial charge is 0.132 e. The van der Waals surface area contributed by atoms with E-state index in [1.54, 1.807) is 0 Å². The summed E-state index contributed by atoms with van der Waals surface area (Å²) in [5.74, 6) is -0.908. The molecule has 0 aliphatic heterocycles. The van der Waals surface area contributed by atoms with Crippen LogP contribution in [0.3, 0.4) is 0 Å². The topological polar surface area (TPSA) is 35.2 Å². The molecule has 2 nitrogen and oxygen atoms in total. The average Bonchev–Trinajstić information content (AvgIpc) is 2.11. The van der Waals surface area contributed by atoms with Crippen LogP contribution in [0.1, 0.15) is 18.4 Å². The second-order valence-corrected chi connectivity index (χ2v) is 3.98. The van der Waals surface area contributed by atoms with Gasteiger partial charge in [-0.1, -0.05) is 0 Å². The zero-order valence-corrected chi connectivity index (χ0v) is 8.47. The molecule has 2 rings (SSSR count). The molecule has 1 saturated carbocycles. The van der Waals surface area contributed by atoms with Crippen LogP contribution in [0.15, 0.2) is 12.1 Å². The third-order valence-corrected chi connectivity index (χ3v) is 2.69. The maximum absolute atomic E-state index is 13.1. The number of ether oxygens (including phenoxy) is 1. The Balaban J connectivity index is 2.09. The van der Waals surface area contributed by atoms with E-state index in [9.17, 15) is 8.78 Å². The largest absolute Gasteiger partial charge is 0.490 e. The van der Waals surface area contributed by atoms with Gasteiger partial charge in [0.25, 0.3) is 0 Å². The van der Waals surface area contributed by atoms with Gasteiger partial charge >= 0.3 is 0 Å². The fraction of sp³-hybridized carbons (Fsp3) is 0.455. The molecule has 1 aromatic rings. The van der Waals surface area contributed by atoms with E-state index in [0.717, 1.165) is 12.8 Å². The van der Waals surface area contributed by atoms with Gasteiger partial charge in [0.05, 0.1) is 0 Å². The number of hydrogen-bond donors (Lipinski definition) is 1. The molecule has 82 valence electrons. The van der Waals surface area contributed by atoms with Crippen LogP contribution < -0.4 is 10.5 Å². The number of halogens is 2. The highest BCUT2D eigenvalue weighted by Gasteiger charge is 2.27. The van der Waals surface area contributed by atoms with Crippen molar-refractivity contribution >= 4 is 0 Å². The van der Waals surface area contributed by atoms with Gasteiger partial charge in [-0.3, -0.25) is 0 Å². The van der Waals surface area contributed by atoms with Crippen molar-refractivity contribution in [3.8, 4) is 5.75 Å². The molecule has 0 atom stereocenters. The third kappa shape index (κ3) is 2.09. The van der Waals surface area contributed by atoms with Crippen LogP contribution in [0.25, 0.3) is 0 Å². The van der Waals surface area contributed by atoms with Gasteiger partial charge < -0.3 is 10.5 Å². The summed E-state index contributed by atoms with van der Waals surface area (Å²) in [6, 6.07) is 2.58. The maximum Gasteiger partial charge on any atom is 0.132 e. The first-order valence-corrected chi connectivity index (χ1v) is 4.94. The first kappa shape index (κ1) is 10.4. The molecule has 0 bridgehead atoms. The summed E-state index contributed by atoms with van der Waals surface area (Å²) in [5, 5.41) is 0. The predicted octanol–water partition coefficient (Wildman–Crippen LogP) is 2.14. The van der Waals surface area contributed by atoms with Crippen molar-refractivity contribution in [2.45, 2.75) is 31.9 Å². The van der Waals surface area contributed by atoms with Gasteiger partial charge in [-0.05, 0) is 19.8 Å². The van der Waals surface area contributed by atoms with Crippen LogP contribution in [0, 0.1) is 18.6 Å². The monoisotopic (exact) mass is 213 g/mol. The molecular weight excluding hydrogens is 200 g/mol. The Morgan fingerprint density at radius 2 is 1.80 bits per heavy atom. The van der Waals surface area contributed by atoms with Crippen molar-refractivity contribution in [1.82, 2.24) is 0 Å².